The minimum absolute atomic E-state index is 0.102. The SMILES string of the molecule is N#Cc1c(F)cccc1Sc1cccc2ccccc12. The average Bonchev–Trinajstić information content (AvgIpc) is 2.48. The number of nitriles is 1. The Kier molecular flexibility index (Phi) is 3.41. The first-order chi connectivity index (χ1) is 9.79. The molecule has 20 heavy (non-hydrogen) atoms. The number of nitrogens with zero attached hydrogens (tertiary/aromatic N) is 1. The topological polar surface area (TPSA) is 23.8 Å². The number of rotatable bonds is 2. The van der Waals surface area contributed by atoms with Crippen LogP contribution >= 0.6 is 11.8 Å². The van der Waals surface area contributed by atoms with E-state index in [2.05, 4.69) is 0 Å². The van der Waals surface area contributed by atoms with Crippen molar-refractivity contribution in [2.75, 3.05) is 0 Å². The first-order valence-electron chi connectivity index (χ1n) is 6.14. The molecule has 1 nitrogen and oxygen atoms in total. The molecular weight excluding hydrogens is 269 g/mol. The van der Waals surface area contributed by atoms with Crippen LogP contribution in [0.4, 0.5) is 4.39 Å². The maximum Gasteiger partial charge on any atom is 0.142 e. The van der Waals surface area contributed by atoms with Crippen molar-refractivity contribution < 1.29 is 4.39 Å². The van der Waals surface area contributed by atoms with Crippen molar-refractivity contribution in [1.29, 1.82) is 5.26 Å². The van der Waals surface area contributed by atoms with Gasteiger partial charge in [0.1, 0.15) is 17.4 Å². The van der Waals surface area contributed by atoms with Crippen molar-refractivity contribution in [2.24, 2.45) is 0 Å². The molecule has 0 aromatic heterocycles. The largest absolute Gasteiger partial charge is 0.206 e. The molecule has 0 fully saturated rings. The lowest BCUT2D eigenvalue weighted by Gasteiger charge is -2.07. The molecule has 3 heteroatoms. The average molecular weight is 279 g/mol. The van der Waals surface area contributed by atoms with Gasteiger partial charge in [0.25, 0.3) is 0 Å². The molecule has 0 saturated carbocycles. The zero-order valence-corrected chi connectivity index (χ0v) is 11.3. The van der Waals surface area contributed by atoms with Gasteiger partial charge in [-0.3, -0.25) is 0 Å². The van der Waals surface area contributed by atoms with Gasteiger partial charge in [0.05, 0.1) is 0 Å². The monoisotopic (exact) mass is 279 g/mol. The van der Waals surface area contributed by atoms with Crippen molar-refractivity contribution in [2.45, 2.75) is 9.79 Å². The maximum absolute atomic E-state index is 13.6. The van der Waals surface area contributed by atoms with Gasteiger partial charge in [-0.15, -0.1) is 0 Å². The molecule has 0 amide bonds. The smallest absolute Gasteiger partial charge is 0.142 e. The van der Waals surface area contributed by atoms with Crippen molar-refractivity contribution in [1.82, 2.24) is 0 Å². The highest BCUT2D eigenvalue weighted by molar-refractivity contribution is 7.99. The summed E-state index contributed by atoms with van der Waals surface area (Å²) in [6, 6.07) is 20.7. The minimum atomic E-state index is -0.474. The first kappa shape index (κ1) is 12.7. The third-order valence-corrected chi connectivity index (χ3v) is 4.19. The highest BCUT2D eigenvalue weighted by Gasteiger charge is 2.10. The van der Waals surface area contributed by atoms with E-state index >= 15 is 0 Å². The van der Waals surface area contributed by atoms with E-state index in [-0.39, 0.29) is 5.56 Å². The van der Waals surface area contributed by atoms with E-state index in [1.807, 2.05) is 48.5 Å². The van der Waals surface area contributed by atoms with E-state index in [1.165, 1.54) is 17.8 Å². The Bertz CT molecular complexity index is 815. The number of fused-ring (bicyclic) bond motifs is 1. The van der Waals surface area contributed by atoms with Crippen molar-refractivity contribution in [3.63, 3.8) is 0 Å². The summed E-state index contributed by atoms with van der Waals surface area (Å²) in [5.41, 5.74) is 0.102. The zero-order chi connectivity index (χ0) is 13.9. The molecule has 3 aromatic rings. The number of halogens is 1. The minimum Gasteiger partial charge on any atom is -0.206 e. The van der Waals surface area contributed by atoms with E-state index in [9.17, 15) is 4.39 Å². The third-order valence-electron chi connectivity index (χ3n) is 3.06. The second-order valence-electron chi connectivity index (χ2n) is 4.30. The molecule has 0 saturated heterocycles. The standard InChI is InChI=1S/C17H10FNS/c18-15-8-4-10-17(14(15)11-19)20-16-9-3-6-12-5-1-2-7-13(12)16/h1-10H. The van der Waals surface area contributed by atoms with Gasteiger partial charge in [0.2, 0.25) is 0 Å². The number of benzene rings is 3. The van der Waals surface area contributed by atoms with Gasteiger partial charge in [-0.05, 0) is 29.0 Å². The summed E-state index contributed by atoms with van der Waals surface area (Å²) in [6.07, 6.45) is 0. The van der Waals surface area contributed by atoms with Gasteiger partial charge in [-0.2, -0.15) is 5.26 Å². The summed E-state index contributed by atoms with van der Waals surface area (Å²) in [5.74, 6) is -0.474. The fourth-order valence-corrected chi connectivity index (χ4v) is 3.17. The molecule has 0 atom stereocenters. The quantitative estimate of drug-likeness (QED) is 0.659. The Morgan fingerprint density at radius 2 is 1.55 bits per heavy atom. The van der Waals surface area contributed by atoms with Crippen LogP contribution in [-0.4, -0.2) is 0 Å². The predicted octanol–water partition coefficient (Wildman–Crippen LogP) is 5.00. The highest BCUT2D eigenvalue weighted by Crippen LogP contribution is 2.35. The Morgan fingerprint density at radius 1 is 0.850 bits per heavy atom. The highest BCUT2D eigenvalue weighted by atomic mass is 32.2. The predicted molar refractivity (Wildman–Crippen MR) is 79.2 cm³/mol. The molecule has 0 aliphatic rings. The van der Waals surface area contributed by atoms with Gasteiger partial charge in [0.15, 0.2) is 0 Å². The lowest BCUT2D eigenvalue weighted by Crippen LogP contribution is -1.87. The van der Waals surface area contributed by atoms with Crippen molar-refractivity contribution >= 4 is 22.5 Å². The van der Waals surface area contributed by atoms with Gasteiger partial charge >= 0.3 is 0 Å². The van der Waals surface area contributed by atoms with E-state index in [0.29, 0.717) is 4.90 Å². The number of hydrogen-bond acceptors (Lipinski definition) is 2. The Labute approximate surface area is 120 Å². The van der Waals surface area contributed by atoms with E-state index in [4.69, 9.17) is 5.26 Å². The Balaban J connectivity index is 2.11. The van der Waals surface area contributed by atoms with Crippen molar-refractivity contribution in [3.8, 4) is 6.07 Å². The summed E-state index contributed by atoms with van der Waals surface area (Å²) >= 11 is 1.42. The van der Waals surface area contributed by atoms with Gasteiger partial charge in [-0.25, -0.2) is 4.39 Å². The van der Waals surface area contributed by atoms with Crippen LogP contribution in [0.2, 0.25) is 0 Å². The lowest BCUT2D eigenvalue weighted by atomic mass is 10.1. The Hall–Kier alpha value is -2.31. The van der Waals surface area contributed by atoms with Gasteiger partial charge in [-0.1, -0.05) is 54.2 Å². The summed E-state index contributed by atoms with van der Waals surface area (Å²) in [4.78, 5) is 1.66. The molecule has 0 aliphatic heterocycles. The zero-order valence-electron chi connectivity index (χ0n) is 10.5. The lowest BCUT2D eigenvalue weighted by molar-refractivity contribution is 0.620. The van der Waals surface area contributed by atoms with Crippen LogP contribution in [0.25, 0.3) is 10.8 Å². The van der Waals surface area contributed by atoms with Crippen LogP contribution in [0.1, 0.15) is 5.56 Å². The molecule has 0 bridgehead atoms. The van der Waals surface area contributed by atoms with Gasteiger partial charge < -0.3 is 0 Å². The number of hydrogen-bond donors (Lipinski definition) is 0. The first-order valence-corrected chi connectivity index (χ1v) is 6.95. The van der Waals surface area contributed by atoms with Crippen LogP contribution in [-0.2, 0) is 0 Å². The molecule has 3 rings (SSSR count). The van der Waals surface area contributed by atoms with Gasteiger partial charge in [0, 0.05) is 9.79 Å². The van der Waals surface area contributed by atoms with Crippen LogP contribution in [0.5, 0.6) is 0 Å². The maximum atomic E-state index is 13.6. The van der Waals surface area contributed by atoms with Crippen LogP contribution in [0.3, 0.4) is 0 Å². The molecular formula is C17H10FNS. The second-order valence-corrected chi connectivity index (χ2v) is 5.39. The van der Waals surface area contributed by atoms with Crippen LogP contribution in [0.15, 0.2) is 70.5 Å². The molecule has 0 unspecified atom stereocenters. The van der Waals surface area contributed by atoms with E-state index in [1.54, 1.807) is 12.1 Å². The summed E-state index contributed by atoms with van der Waals surface area (Å²) in [5, 5.41) is 11.3. The molecule has 0 heterocycles. The fraction of sp³-hybridized carbons (Fsp3) is 0. The normalized spacial score (nSPS) is 10.4. The molecule has 0 aliphatic carbocycles. The summed E-state index contributed by atoms with van der Waals surface area (Å²) in [7, 11) is 0. The Morgan fingerprint density at radius 3 is 2.40 bits per heavy atom. The van der Waals surface area contributed by atoms with E-state index < -0.39 is 5.82 Å². The van der Waals surface area contributed by atoms with E-state index in [0.717, 1.165) is 15.7 Å². The molecule has 3 aromatic carbocycles. The molecule has 0 N–H and O–H groups in total. The second kappa shape index (κ2) is 5.36. The molecule has 0 radical (unpaired) electrons. The summed E-state index contributed by atoms with van der Waals surface area (Å²) in [6.45, 7) is 0. The summed E-state index contributed by atoms with van der Waals surface area (Å²) < 4.78 is 13.6. The van der Waals surface area contributed by atoms with Crippen LogP contribution in [0, 0.1) is 17.1 Å². The fourth-order valence-electron chi connectivity index (χ4n) is 2.10. The molecule has 0 spiro atoms. The third kappa shape index (κ3) is 2.26. The van der Waals surface area contributed by atoms with Crippen molar-refractivity contribution in [3.05, 3.63) is 72.0 Å². The molecule has 96 valence electrons. The van der Waals surface area contributed by atoms with Crippen LogP contribution < -0.4 is 0 Å².